The van der Waals surface area contributed by atoms with Gasteiger partial charge in [-0.15, -0.1) is 0 Å². The summed E-state index contributed by atoms with van der Waals surface area (Å²) in [5.74, 6) is 2.10. The van der Waals surface area contributed by atoms with E-state index in [-0.39, 0.29) is 0 Å². The van der Waals surface area contributed by atoms with Crippen molar-refractivity contribution in [2.75, 3.05) is 13.6 Å². The molecule has 1 aromatic rings. The second-order valence-corrected chi connectivity index (χ2v) is 5.81. The molecular weight excluding hydrogens is 242 g/mol. The number of aliphatic hydroxyl groups is 1. The molecule has 2 unspecified atom stereocenters. The van der Waals surface area contributed by atoms with Gasteiger partial charge in [-0.3, -0.25) is 4.99 Å². The van der Waals surface area contributed by atoms with Crippen molar-refractivity contribution in [2.24, 2.45) is 10.4 Å². The Morgan fingerprint density at radius 3 is 2.74 bits per heavy atom. The first-order chi connectivity index (χ1) is 8.92. The maximum absolute atomic E-state index is 9.99. The summed E-state index contributed by atoms with van der Waals surface area (Å²) in [4.78, 5) is 4.16. The third-order valence-corrected chi connectivity index (χ3v) is 3.60. The normalized spacial score (nSPS) is 23.0. The molecule has 19 heavy (non-hydrogen) atoms. The molecule has 2 atom stereocenters. The molecule has 0 spiro atoms. The summed E-state index contributed by atoms with van der Waals surface area (Å²) < 4.78 is 5.39. The highest BCUT2D eigenvalue weighted by atomic mass is 16.4. The van der Waals surface area contributed by atoms with E-state index in [1.54, 1.807) is 13.1 Å². The van der Waals surface area contributed by atoms with Crippen molar-refractivity contribution >= 4 is 5.96 Å². The molecule has 5 heteroatoms. The number of nitrogens with one attached hydrogen (secondary N) is 2. The number of hydrogen-bond donors (Lipinski definition) is 3. The number of rotatable bonds is 4. The number of aliphatic imine (C=N–C) groups is 1. The van der Waals surface area contributed by atoms with Crippen LogP contribution in [0.15, 0.2) is 21.5 Å². The lowest BCUT2D eigenvalue weighted by Gasteiger charge is -2.15. The van der Waals surface area contributed by atoms with Gasteiger partial charge < -0.3 is 20.2 Å². The molecule has 1 heterocycles. The summed E-state index contributed by atoms with van der Waals surface area (Å²) in [7, 11) is 1.73. The van der Waals surface area contributed by atoms with Gasteiger partial charge >= 0.3 is 0 Å². The molecule has 3 N–H and O–H groups in total. The number of aliphatic hydroxyl groups excluding tert-OH is 1. The van der Waals surface area contributed by atoms with E-state index >= 15 is 0 Å². The Morgan fingerprint density at radius 2 is 2.26 bits per heavy atom. The van der Waals surface area contributed by atoms with E-state index < -0.39 is 6.10 Å². The van der Waals surface area contributed by atoms with Crippen molar-refractivity contribution in [1.82, 2.24) is 10.6 Å². The summed E-state index contributed by atoms with van der Waals surface area (Å²) in [6.07, 6.45) is 0.479. The second kappa shape index (κ2) is 5.25. The lowest BCUT2D eigenvalue weighted by molar-refractivity contribution is 0.151. The molecule has 1 aliphatic rings. The molecule has 1 aliphatic carbocycles. The summed E-state index contributed by atoms with van der Waals surface area (Å²) in [6.45, 7) is 6.68. The molecule has 0 bridgehead atoms. The van der Waals surface area contributed by atoms with Crippen LogP contribution in [-0.2, 0) is 0 Å². The second-order valence-electron chi connectivity index (χ2n) is 5.81. The van der Waals surface area contributed by atoms with Crippen molar-refractivity contribution in [3.05, 3.63) is 23.7 Å². The molecule has 2 rings (SSSR count). The zero-order valence-corrected chi connectivity index (χ0v) is 12.0. The van der Waals surface area contributed by atoms with Crippen LogP contribution in [0, 0.1) is 12.3 Å². The minimum absolute atomic E-state index is 0.342. The van der Waals surface area contributed by atoms with Gasteiger partial charge in [0.25, 0.3) is 0 Å². The first-order valence-electron chi connectivity index (χ1n) is 6.64. The highest BCUT2D eigenvalue weighted by molar-refractivity contribution is 5.80. The highest BCUT2D eigenvalue weighted by Crippen LogP contribution is 2.44. The van der Waals surface area contributed by atoms with Crippen LogP contribution in [0.5, 0.6) is 0 Å². The fourth-order valence-corrected chi connectivity index (χ4v) is 2.00. The molecule has 1 aromatic heterocycles. The Bertz CT molecular complexity index is 465. The van der Waals surface area contributed by atoms with Crippen LogP contribution in [0.3, 0.4) is 0 Å². The maximum atomic E-state index is 9.99. The van der Waals surface area contributed by atoms with Crippen molar-refractivity contribution in [3.63, 3.8) is 0 Å². The minimum Gasteiger partial charge on any atom is -0.464 e. The van der Waals surface area contributed by atoms with Crippen molar-refractivity contribution < 1.29 is 9.52 Å². The van der Waals surface area contributed by atoms with E-state index in [0.717, 1.165) is 18.1 Å². The summed E-state index contributed by atoms with van der Waals surface area (Å²) >= 11 is 0. The van der Waals surface area contributed by atoms with Gasteiger partial charge in [0.2, 0.25) is 0 Å². The molecule has 0 saturated heterocycles. The van der Waals surface area contributed by atoms with E-state index in [4.69, 9.17) is 4.42 Å². The maximum Gasteiger partial charge on any atom is 0.191 e. The minimum atomic E-state index is -0.667. The smallest absolute Gasteiger partial charge is 0.191 e. The standard InChI is InChI=1S/C14H23N3O2/c1-9-5-6-11(19-9)10(18)8-16-13(15-4)17-12-7-14(12,2)3/h5-6,10,12,18H,7-8H2,1-4H3,(H2,15,16,17). The lowest BCUT2D eigenvalue weighted by Crippen LogP contribution is -2.41. The molecule has 0 aromatic carbocycles. The van der Waals surface area contributed by atoms with E-state index in [9.17, 15) is 5.11 Å². The quantitative estimate of drug-likeness (QED) is 0.571. The van der Waals surface area contributed by atoms with Gasteiger partial charge in [0, 0.05) is 13.1 Å². The van der Waals surface area contributed by atoms with Crippen LogP contribution in [0.1, 0.15) is 37.9 Å². The van der Waals surface area contributed by atoms with Crippen LogP contribution in [0.2, 0.25) is 0 Å². The molecule has 106 valence electrons. The number of aryl methyl sites for hydroxylation is 1. The fraction of sp³-hybridized carbons (Fsp3) is 0.643. The average Bonchev–Trinajstić information content (AvgIpc) is 2.75. The summed E-state index contributed by atoms with van der Waals surface area (Å²) in [5.41, 5.74) is 0.342. The van der Waals surface area contributed by atoms with E-state index in [0.29, 0.717) is 23.8 Å². The van der Waals surface area contributed by atoms with Gasteiger partial charge in [-0.05, 0) is 30.9 Å². The number of hydrogen-bond acceptors (Lipinski definition) is 3. The Hall–Kier alpha value is -1.49. The Labute approximate surface area is 114 Å². The Balaban J connectivity index is 1.80. The Kier molecular flexibility index (Phi) is 3.85. The SMILES string of the molecule is CN=C(NCC(O)c1ccc(C)o1)NC1CC1(C)C. The highest BCUT2D eigenvalue weighted by Gasteiger charge is 2.46. The number of furan rings is 1. The summed E-state index contributed by atoms with van der Waals surface area (Å²) in [6, 6.07) is 4.10. The topological polar surface area (TPSA) is 69.8 Å². The zero-order chi connectivity index (χ0) is 14.0. The monoisotopic (exact) mass is 265 g/mol. The first kappa shape index (κ1) is 13.9. The number of nitrogens with zero attached hydrogens (tertiary/aromatic N) is 1. The van der Waals surface area contributed by atoms with Crippen molar-refractivity contribution in [3.8, 4) is 0 Å². The lowest BCUT2D eigenvalue weighted by atomic mass is 10.2. The van der Waals surface area contributed by atoms with Crippen molar-refractivity contribution in [2.45, 2.75) is 39.3 Å². The number of guanidine groups is 1. The van der Waals surface area contributed by atoms with Crippen LogP contribution < -0.4 is 10.6 Å². The fourth-order valence-electron chi connectivity index (χ4n) is 2.00. The van der Waals surface area contributed by atoms with Gasteiger partial charge in [-0.2, -0.15) is 0 Å². The van der Waals surface area contributed by atoms with Crippen LogP contribution in [0.4, 0.5) is 0 Å². The third-order valence-electron chi connectivity index (χ3n) is 3.60. The molecule has 1 saturated carbocycles. The predicted octanol–water partition coefficient (Wildman–Crippen LogP) is 1.58. The van der Waals surface area contributed by atoms with Gasteiger partial charge in [0.1, 0.15) is 17.6 Å². The van der Waals surface area contributed by atoms with E-state index in [2.05, 4.69) is 29.5 Å². The summed E-state index contributed by atoms with van der Waals surface area (Å²) in [5, 5.41) is 16.4. The van der Waals surface area contributed by atoms with E-state index in [1.807, 2.05) is 13.0 Å². The van der Waals surface area contributed by atoms with Gasteiger partial charge in [-0.1, -0.05) is 13.8 Å². The van der Waals surface area contributed by atoms with Gasteiger partial charge in [0.15, 0.2) is 5.96 Å². The largest absolute Gasteiger partial charge is 0.464 e. The van der Waals surface area contributed by atoms with Gasteiger partial charge in [0.05, 0.1) is 6.54 Å². The Morgan fingerprint density at radius 1 is 1.58 bits per heavy atom. The first-order valence-corrected chi connectivity index (χ1v) is 6.64. The van der Waals surface area contributed by atoms with E-state index in [1.165, 1.54) is 0 Å². The average molecular weight is 265 g/mol. The molecule has 0 aliphatic heterocycles. The zero-order valence-electron chi connectivity index (χ0n) is 12.0. The molecule has 1 fully saturated rings. The molecule has 5 nitrogen and oxygen atoms in total. The van der Waals surface area contributed by atoms with Crippen LogP contribution in [0.25, 0.3) is 0 Å². The molecular formula is C14H23N3O2. The van der Waals surface area contributed by atoms with Crippen LogP contribution >= 0.6 is 0 Å². The third kappa shape index (κ3) is 3.50. The molecule has 0 radical (unpaired) electrons. The predicted molar refractivity (Wildman–Crippen MR) is 75.1 cm³/mol. The molecule has 0 amide bonds. The van der Waals surface area contributed by atoms with Gasteiger partial charge in [-0.25, -0.2) is 0 Å². The van der Waals surface area contributed by atoms with Crippen molar-refractivity contribution in [1.29, 1.82) is 0 Å². The van der Waals surface area contributed by atoms with Crippen LogP contribution in [-0.4, -0.2) is 30.7 Å².